The van der Waals surface area contributed by atoms with Crippen LogP contribution in [-0.4, -0.2) is 59.5 Å². The summed E-state index contributed by atoms with van der Waals surface area (Å²) in [6.45, 7) is 3.01. The Morgan fingerprint density at radius 2 is 1.59 bits per heavy atom. The van der Waals surface area contributed by atoms with E-state index in [1.165, 1.54) is 7.11 Å². The molecule has 0 N–H and O–H groups in total. The number of nitrogens with zero attached hydrogens (tertiary/aromatic N) is 3. The minimum atomic E-state index is -0.637. The Labute approximate surface area is 190 Å². The molecule has 172 valence electrons. The molecule has 0 spiro atoms. The molecular formula is C25H33N3O4. The summed E-state index contributed by atoms with van der Waals surface area (Å²) in [5.74, 6) is -0.189. The number of carbonyl (C=O) groups excluding carboxylic acids is 1. The average Bonchev–Trinajstić information content (AvgIpc) is 2.97. The van der Waals surface area contributed by atoms with Gasteiger partial charge in [0.05, 0.1) is 20.2 Å². The molecule has 2 atom stereocenters. The largest absolute Gasteiger partial charge is 0.469 e. The van der Waals surface area contributed by atoms with Crippen molar-refractivity contribution in [2.24, 2.45) is 0 Å². The first-order valence-electron chi connectivity index (χ1n) is 11.3. The van der Waals surface area contributed by atoms with Crippen LogP contribution in [0.3, 0.4) is 0 Å². The van der Waals surface area contributed by atoms with E-state index in [4.69, 9.17) is 4.74 Å². The Bertz CT molecular complexity index is 847. The lowest BCUT2D eigenvalue weighted by Gasteiger charge is -2.31. The van der Waals surface area contributed by atoms with Crippen LogP contribution in [-0.2, 0) is 22.6 Å². The number of hydrogen-bond acceptors (Lipinski definition) is 6. The summed E-state index contributed by atoms with van der Waals surface area (Å²) < 4.78 is 4.75. The fourth-order valence-corrected chi connectivity index (χ4v) is 4.40. The topological polar surface area (TPSA) is 75.9 Å². The third-order valence-electron chi connectivity index (χ3n) is 6.07. The lowest BCUT2D eigenvalue weighted by molar-refractivity contribution is -0.522. The molecule has 3 rings (SSSR count). The Morgan fingerprint density at radius 3 is 2.19 bits per heavy atom. The number of rotatable bonds is 10. The van der Waals surface area contributed by atoms with Gasteiger partial charge >= 0.3 is 5.97 Å². The summed E-state index contributed by atoms with van der Waals surface area (Å²) in [7, 11) is 1.41. The van der Waals surface area contributed by atoms with E-state index in [9.17, 15) is 14.9 Å². The lowest BCUT2D eigenvalue weighted by atomic mass is 10.0. The van der Waals surface area contributed by atoms with Crippen LogP contribution in [0.25, 0.3) is 0 Å². The Kier molecular flexibility index (Phi) is 9.19. The van der Waals surface area contributed by atoms with Crippen molar-refractivity contribution in [2.45, 2.75) is 50.9 Å². The lowest BCUT2D eigenvalue weighted by Crippen LogP contribution is -2.42. The van der Waals surface area contributed by atoms with E-state index in [1.54, 1.807) is 0 Å². The smallest absolute Gasteiger partial charge is 0.305 e. The van der Waals surface area contributed by atoms with Crippen molar-refractivity contribution in [2.75, 3.05) is 26.7 Å². The highest BCUT2D eigenvalue weighted by Gasteiger charge is 2.35. The maximum atomic E-state index is 11.9. The van der Waals surface area contributed by atoms with E-state index >= 15 is 0 Å². The van der Waals surface area contributed by atoms with E-state index < -0.39 is 6.04 Å². The van der Waals surface area contributed by atoms with Crippen LogP contribution >= 0.6 is 0 Å². The van der Waals surface area contributed by atoms with Gasteiger partial charge in [-0.1, -0.05) is 67.1 Å². The van der Waals surface area contributed by atoms with Crippen LogP contribution in [0.4, 0.5) is 0 Å². The molecular weight excluding hydrogens is 406 g/mol. The summed E-state index contributed by atoms with van der Waals surface area (Å²) in [6, 6.07) is 19.8. The molecule has 2 aromatic rings. The van der Waals surface area contributed by atoms with Gasteiger partial charge in [-0.3, -0.25) is 24.7 Å². The number of hydrogen-bond donors (Lipinski definition) is 0. The highest BCUT2D eigenvalue weighted by atomic mass is 16.6. The molecule has 2 unspecified atom stereocenters. The molecule has 0 aromatic heterocycles. The monoisotopic (exact) mass is 439 g/mol. The second kappa shape index (κ2) is 12.3. The fourth-order valence-electron chi connectivity index (χ4n) is 4.40. The van der Waals surface area contributed by atoms with Gasteiger partial charge < -0.3 is 4.74 Å². The zero-order chi connectivity index (χ0) is 22.8. The van der Waals surface area contributed by atoms with Gasteiger partial charge in [0.2, 0.25) is 6.04 Å². The van der Waals surface area contributed by atoms with Crippen LogP contribution in [0.1, 0.15) is 36.8 Å². The van der Waals surface area contributed by atoms with Crippen LogP contribution < -0.4 is 0 Å². The molecule has 7 nitrogen and oxygen atoms in total. The second-order valence-corrected chi connectivity index (χ2v) is 8.51. The van der Waals surface area contributed by atoms with E-state index in [1.807, 2.05) is 36.4 Å². The van der Waals surface area contributed by atoms with Crippen molar-refractivity contribution in [1.29, 1.82) is 0 Å². The van der Waals surface area contributed by atoms with Crippen LogP contribution in [0.2, 0.25) is 0 Å². The fraction of sp³-hybridized carbons (Fsp3) is 0.480. The van der Waals surface area contributed by atoms with E-state index in [2.05, 4.69) is 34.1 Å². The second-order valence-electron chi connectivity index (χ2n) is 8.51. The Hall–Kier alpha value is -2.77. The molecule has 1 heterocycles. The summed E-state index contributed by atoms with van der Waals surface area (Å²) >= 11 is 0. The Balaban J connectivity index is 1.76. The molecule has 1 aliphatic heterocycles. The first-order valence-corrected chi connectivity index (χ1v) is 11.3. The minimum Gasteiger partial charge on any atom is -0.469 e. The first-order chi connectivity index (χ1) is 15.5. The maximum absolute atomic E-state index is 11.9. The maximum Gasteiger partial charge on any atom is 0.305 e. The van der Waals surface area contributed by atoms with Gasteiger partial charge in [0.25, 0.3) is 0 Å². The molecule has 1 aliphatic rings. The van der Waals surface area contributed by atoms with Crippen molar-refractivity contribution < 1.29 is 14.5 Å². The number of nitro groups is 1. The standard InChI is InChI=1S/C25H33N3O4/c1-32-25(29)15-9-8-14-23-18-26(16-21-10-4-2-5-11-21)19-24(28(30)31)20-27(23)17-22-12-6-3-7-13-22/h2-7,10-13,23-24H,8-9,14-20H2,1H3. The summed E-state index contributed by atoms with van der Waals surface area (Å²) in [5.41, 5.74) is 2.32. The summed E-state index contributed by atoms with van der Waals surface area (Å²) in [5, 5.41) is 11.9. The summed E-state index contributed by atoms with van der Waals surface area (Å²) in [6.07, 6.45) is 2.94. The molecule has 2 aromatic carbocycles. The normalized spacial score (nSPS) is 19.9. The van der Waals surface area contributed by atoms with Gasteiger partial charge in [-0.05, 0) is 24.0 Å². The van der Waals surface area contributed by atoms with Crippen molar-refractivity contribution in [3.63, 3.8) is 0 Å². The van der Waals surface area contributed by atoms with Crippen molar-refractivity contribution in [3.8, 4) is 0 Å². The third-order valence-corrected chi connectivity index (χ3v) is 6.07. The van der Waals surface area contributed by atoms with Gasteiger partial charge in [-0.2, -0.15) is 0 Å². The van der Waals surface area contributed by atoms with E-state index in [0.717, 1.165) is 36.9 Å². The number of esters is 1. The third kappa shape index (κ3) is 7.43. The molecule has 1 saturated heterocycles. The van der Waals surface area contributed by atoms with Gasteiger partial charge in [-0.25, -0.2) is 0 Å². The van der Waals surface area contributed by atoms with Gasteiger partial charge in [0.1, 0.15) is 0 Å². The molecule has 0 aliphatic carbocycles. The van der Waals surface area contributed by atoms with Crippen LogP contribution in [0.15, 0.2) is 60.7 Å². The number of unbranched alkanes of at least 4 members (excludes halogenated alkanes) is 1. The van der Waals surface area contributed by atoms with Crippen LogP contribution in [0.5, 0.6) is 0 Å². The highest BCUT2D eigenvalue weighted by molar-refractivity contribution is 5.68. The molecule has 7 heteroatoms. The van der Waals surface area contributed by atoms with Gasteiger partial charge in [0, 0.05) is 37.0 Å². The number of carbonyl (C=O) groups is 1. The highest BCUT2D eigenvalue weighted by Crippen LogP contribution is 2.21. The SMILES string of the molecule is COC(=O)CCCCC1CN(Cc2ccccc2)CC([N+](=O)[O-])CN1Cc1ccccc1. The predicted octanol–water partition coefficient (Wildman–Crippen LogP) is 3.75. The first kappa shape index (κ1) is 23.9. The Morgan fingerprint density at radius 1 is 0.969 bits per heavy atom. The molecule has 0 bridgehead atoms. The van der Waals surface area contributed by atoms with Crippen LogP contribution in [0, 0.1) is 10.1 Å². The average molecular weight is 440 g/mol. The predicted molar refractivity (Wildman–Crippen MR) is 124 cm³/mol. The number of benzene rings is 2. The molecule has 0 radical (unpaired) electrons. The van der Waals surface area contributed by atoms with Crippen molar-refractivity contribution >= 4 is 5.97 Å². The molecule has 0 amide bonds. The van der Waals surface area contributed by atoms with E-state index in [-0.39, 0.29) is 16.9 Å². The quantitative estimate of drug-likeness (QED) is 0.243. The molecule has 1 fully saturated rings. The zero-order valence-corrected chi connectivity index (χ0v) is 18.8. The van der Waals surface area contributed by atoms with E-state index in [0.29, 0.717) is 32.6 Å². The molecule has 0 saturated carbocycles. The zero-order valence-electron chi connectivity index (χ0n) is 18.8. The molecule has 32 heavy (non-hydrogen) atoms. The number of methoxy groups -OCH3 is 1. The van der Waals surface area contributed by atoms with Gasteiger partial charge in [0.15, 0.2) is 0 Å². The summed E-state index contributed by atoms with van der Waals surface area (Å²) in [4.78, 5) is 27.7. The number of ether oxygens (including phenoxy) is 1. The minimum absolute atomic E-state index is 0.129. The van der Waals surface area contributed by atoms with Gasteiger partial charge in [-0.15, -0.1) is 0 Å². The van der Waals surface area contributed by atoms with Crippen molar-refractivity contribution in [1.82, 2.24) is 9.80 Å². The van der Waals surface area contributed by atoms with Crippen molar-refractivity contribution in [3.05, 3.63) is 81.9 Å².